The van der Waals surface area contributed by atoms with E-state index >= 15 is 0 Å². The lowest BCUT2D eigenvalue weighted by Crippen LogP contribution is -2.42. The van der Waals surface area contributed by atoms with Crippen molar-refractivity contribution in [1.29, 1.82) is 0 Å². The number of methoxy groups -OCH3 is 1. The summed E-state index contributed by atoms with van der Waals surface area (Å²) in [6, 6.07) is 0.255. The molecule has 8 heteroatoms. The van der Waals surface area contributed by atoms with Crippen molar-refractivity contribution < 1.29 is 19.1 Å². The van der Waals surface area contributed by atoms with Gasteiger partial charge in [0, 0.05) is 44.5 Å². The minimum atomic E-state index is -0.468. The summed E-state index contributed by atoms with van der Waals surface area (Å²) < 4.78 is 14.0. The molecule has 1 aliphatic carbocycles. The zero-order valence-corrected chi connectivity index (χ0v) is 20.8. The summed E-state index contributed by atoms with van der Waals surface area (Å²) in [5.74, 6) is 0.926. The Morgan fingerprint density at radius 3 is 2.21 bits per heavy atom. The van der Waals surface area contributed by atoms with Gasteiger partial charge in [-0.3, -0.25) is 13.9 Å². The van der Waals surface area contributed by atoms with Gasteiger partial charge < -0.3 is 14.4 Å². The van der Waals surface area contributed by atoms with Gasteiger partial charge in [0.25, 0.3) is 0 Å². The minimum Gasteiger partial charge on any atom is -0.469 e. The summed E-state index contributed by atoms with van der Waals surface area (Å²) in [5.41, 5.74) is -0.385. The Kier molecular flexibility index (Phi) is 8.65. The molecule has 1 aromatic heterocycles. The highest BCUT2D eigenvalue weighted by Crippen LogP contribution is 2.34. The Balaban J connectivity index is 1.42. The van der Waals surface area contributed by atoms with Gasteiger partial charge in [0.2, 0.25) is 0 Å². The molecular formula is C25H41N3O5. The van der Waals surface area contributed by atoms with Crippen LogP contribution in [0.5, 0.6) is 0 Å². The molecule has 0 bridgehead atoms. The molecule has 8 nitrogen and oxygen atoms in total. The standard InChI is InChI=1S/C25H41N3O5/c1-25(2,3)33-24(31)27-15-12-20(13-16-27)11-14-26-17-18-28(23(26)30)21-8-5-19(6-9-21)7-10-22(29)32-4/h17-21H,5-16H2,1-4H3/t19-,21-. The van der Waals surface area contributed by atoms with E-state index < -0.39 is 5.60 Å². The normalized spacial score (nSPS) is 22.2. The number of nitrogens with zero attached hydrogens (tertiary/aromatic N) is 3. The summed E-state index contributed by atoms with van der Waals surface area (Å²) in [6.45, 7) is 7.82. The summed E-state index contributed by atoms with van der Waals surface area (Å²) in [7, 11) is 1.43. The SMILES string of the molecule is COC(=O)CC[C@H]1CC[C@H](n2ccn(CCC3CCN(C(=O)OC(C)(C)C)CC3)c2=O)CC1. The Hall–Kier alpha value is -2.25. The van der Waals surface area contributed by atoms with E-state index in [2.05, 4.69) is 0 Å². The molecule has 1 saturated heterocycles. The smallest absolute Gasteiger partial charge is 0.410 e. The summed E-state index contributed by atoms with van der Waals surface area (Å²) in [6.07, 6.45) is 11.9. The number of hydrogen-bond donors (Lipinski definition) is 0. The van der Waals surface area contributed by atoms with Crippen LogP contribution in [0.25, 0.3) is 0 Å². The second kappa shape index (κ2) is 11.3. The third-order valence-corrected chi connectivity index (χ3v) is 7.11. The third kappa shape index (κ3) is 7.37. The lowest BCUT2D eigenvalue weighted by Gasteiger charge is -2.33. The van der Waals surface area contributed by atoms with Gasteiger partial charge in [-0.1, -0.05) is 0 Å². The van der Waals surface area contributed by atoms with Crippen LogP contribution in [0.3, 0.4) is 0 Å². The molecular weight excluding hydrogens is 422 g/mol. The molecule has 33 heavy (non-hydrogen) atoms. The molecule has 0 spiro atoms. The maximum atomic E-state index is 12.9. The molecule has 2 heterocycles. The first kappa shape index (κ1) is 25.4. The zero-order valence-electron chi connectivity index (χ0n) is 20.8. The molecule has 0 N–H and O–H groups in total. The number of carbonyl (C=O) groups excluding carboxylic acids is 2. The molecule has 1 aromatic rings. The number of aryl methyl sites for hydroxylation is 1. The van der Waals surface area contributed by atoms with E-state index in [-0.39, 0.29) is 23.8 Å². The molecule has 1 aliphatic heterocycles. The molecule has 0 atom stereocenters. The van der Waals surface area contributed by atoms with E-state index in [1.807, 2.05) is 42.3 Å². The lowest BCUT2D eigenvalue weighted by atomic mass is 9.83. The molecule has 0 unspecified atom stereocenters. The maximum Gasteiger partial charge on any atom is 0.410 e. The number of ether oxygens (including phenoxy) is 2. The van der Waals surface area contributed by atoms with E-state index in [1.165, 1.54) is 7.11 Å². The minimum absolute atomic E-state index is 0.0826. The van der Waals surface area contributed by atoms with Gasteiger partial charge in [-0.05, 0) is 84.0 Å². The quantitative estimate of drug-likeness (QED) is 0.561. The maximum absolute atomic E-state index is 12.9. The number of rotatable bonds is 7. The molecule has 2 fully saturated rings. The van der Waals surface area contributed by atoms with Crippen LogP contribution in [0.2, 0.25) is 0 Å². The van der Waals surface area contributed by atoms with Gasteiger partial charge in [-0.15, -0.1) is 0 Å². The molecule has 1 amide bonds. The Bertz CT molecular complexity index is 837. The fourth-order valence-electron chi connectivity index (χ4n) is 5.06. The lowest BCUT2D eigenvalue weighted by molar-refractivity contribution is -0.141. The van der Waals surface area contributed by atoms with Crippen LogP contribution in [0, 0.1) is 11.8 Å². The molecule has 1 saturated carbocycles. The van der Waals surface area contributed by atoms with Crippen LogP contribution in [0.1, 0.15) is 84.6 Å². The summed E-state index contributed by atoms with van der Waals surface area (Å²) in [4.78, 5) is 38.3. The van der Waals surface area contributed by atoms with E-state index in [1.54, 1.807) is 4.90 Å². The van der Waals surface area contributed by atoms with E-state index in [0.29, 0.717) is 31.3 Å². The number of likely N-dealkylation sites (tertiary alicyclic amines) is 1. The number of imidazole rings is 1. The molecule has 2 aliphatic rings. The first-order valence-corrected chi connectivity index (χ1v) is 12.5. The van der Waals surface area contributed by atoms with E-state index in [4.69, 9.17) is 9.47 Å². The van der Waals surface area contributed by atoms with Crippen molar-refractivity contribution in [2.45, 2.75) is 96.7 Å². The number of hydrogen-bond acceptors (Lipinski definition) is 5. The van der Waals surface area contributed by atoms with Crippen LogP contribution in [-0.4, -0.2) is 51.9 Å². The van der Waals surface area contributed by atoms with Crippen molar-refractivity contribution in [2.75, 3.05) is 20.2 Å². The van der Waals surface area contributed by atoms with Crippen molar-refractivity contribution >= 4 is 12.1 Å². The number of aromatic nitrogens is 2. The average molecular weight is 464 g/mol. The van der Waals surface area contributed by atoms with E-state index in [0.717, 1.165) is 57.9 Å². The molecule has 0 radical (unpaired) electrons. The van der Waals surface area contributed by atoms with Gasteiger partial charge >= 0.3 is 17.8 Å². The second-order valence-corrected chi connectivity index (χ2v) is 10.7. The highest BCUT2D eigenvalue weighted by molar-refractivity contribution is 5.69. The van der Waals surface area contributed by atoms with Crippen molar-refractivity contribution in [1.82, 2.24) is 14.0 Å². The predicted molar refractivity (Wildman–Crippen MR) is 126 cm³/mol. The monoisotopic (exact) mass is 463 g/mol. The fourth-order valence-corrected chi connectivity index (χ4v) is 5.06. The van der Waals surface area contributed by atoms with Crippen LogP contribution in [0.4, 0.5) is 4.79 Å². The zero-order chi connectivity index (χ0) is 24.0. The van der Waals surface area contributed by atoms with Crippen LogP contribution < -0.4 is 5.69 Å². The van der Waals surface area contributed by atoms with Crippen LogP contribution in [0.15, 0.2) is 17.2 Å². The predicted octanol–water partition coefficient (Wildman–Crippen LogP) is 4.37. The highest BCUT2D eigenvalue weighted by atomic mass is 16.6. The number of amides is 1. The second-order valence-electron chi connectivity index (χ2n) is 10.7. The Morgan fingerprint density at radius 2 is 1.61 bits per heavy atom. The van der Waals surface area contributed by atoms with Crippen LogP contribution >= 0.6 is 0 Å². The summed E-state index contributed by atoms with van der Waals surface area (Å²) in [5, 5.41) is 0. The topological polar surface area (TPSA) is 82.8 Å². The molecule has 3 rings (SSSR count). The third-order valence-electron chi connectivity index (χ3n) is 7.11. The van der Waals surface area contributed by atoms with Gasteiger partial charge in [0.1, 0.15) is 5.60 Å². The largest absolute Gasteiger partial charge is 0.469 e. The van der Waals surface area contributed by atoms with Crippen molar-refractivity contribution in [3.05, 3.63) is 22.9 Å². The van der Waals surface area contributed by atoms with Gasteiger partial charge in [0.15, 0.2) is 0 Å². The average Bonchev–Trinajstić information content (AvgIpc) is 3.15. The van der Waals surface area contributed by atoms with E-state index in [9.17, 15) is 14.4 Å². The highest BCUT2D eigenvalue weighted by Gasteiger charge is 2.27. The van der Waals surface area contributed by atoms with Crippen molar-refractivity contribution in [3.8, 4) is 0 Å². The number of carbonyl (C=O) groups is 2. The fraction of sp³-hybridized carbons (Fsp3) is 0.800. The van der Waals surface area contributed by atoms with Gasteiger partial charge in [-0.2, -0.15) is 0 Å². The first-order chi connectivity index (χ1) is 15.7. The Morgan fingerprint density at radius 1 is 0.970 bits per heavy atom. The number of piperidine rings is 1. The van der Waals surface area contributed by atoms with Gasteiger partial charge in [0.05, 0.1) is 7.11 Å². The van der Waals surface area contributed by atoms with Crippen molar-refractivity contribution in [3.63, 3.8) is 0 Å². The van der Waals surface area contributed by atoms with Gasteiger partial charge in [-0.25, -0.2) is 9.59 Å². The number of esters is 1. The first-order valence-electron chi connectivity index (χ1n) is 12.5. The Labute approximate surface area is 197 Å². The van der Waals surface area contributed by atoms with Crippen molar-refractivity contribution in [2.24, 2.45) is 11.8 Å². The van der Waals surface area contributed by atoms with Crippen LogP contribution in [-0.2, 0) is 20.8 Å². The molecule has 0 aromatic carbocycles. The summed E-state index contributed by atoms with van der Waals surface area (Å²) >= 11 is 0. The molecule has 186 valence electrons.